The average Bonchev–Trinajstić information content (AvgIpc) is 2.38. The van der Waals surface area contributed by atoms with Crippen LogP contribution in [0, 0.1) is 0 Å². The van der Waals surface area contributed by atoms with Crippen molar-refractivity contribution in [3.63, 3.8) is 0 Å². The van der Waals surface area contributed by atoms with Gasteiger partial charge in [-0.1, -0.05) is 23.7 Å². The second-order valence-electron chi connectivity index (χ2n) is 3.95. The van der Waals surface area contributed by atoms with Crippen LogP contribution in [-0.4, -0.2) is 27.6 Å². The fourth-order valence-electron chi connectivity index (χ4n) is 1.42. The molecule has 6 nitrogen and oxygen atoms in total. The number of nitrogens with one attached hydrogen (secondary N) is 1. The van der Waals surface area contributed by atoms with Crippen LogP contribution in [0.25, 0.3) is 0 Å². The number of aromatic nitrogens is 3. The van der Waals surface area contributed by atoms with Gasteiger partial charge in [0, 0.05) is 0 Å². The van der Waals surface area contributed by atoms with Gasteiger partial charge in [-0.15, -0.1) is 0 Å². The Balaban J connectivity index is 1.88. The van der Waals surface area contributed by atoms with Crippen LogP contribution in [0.2, 0.25) is 5.02 Å². The Bertz CT molecular complexity index is 551. The van der Waals surface area contributed by atoms with Crippen LogP contribution >= 0.6 is 11.6 Å². The molecule has 0 aliphatic heterocycles. The second-order valence-corrected chi connectivity index (χ2v) is 4.36. The molecule has 2 aromatic rings. The molecular formula is C12H14ClN5O. The van der Waals surface area contributed by atoms with E-state index in [9.17, 15) is 0 Å². The van der Waals surface area contributed by atoms with Gasteiger partial charge in [-0.05, 0) is 19.1 Å². The number of para-hydroxylation sites is 1. The van der Waals surface area contributed by atoms with Crippen molar-refractivity contribution in [3.8, 4) is 5.75 Å². The monoisotopic (exact) mass is 279 g/mol. The molecule has 1 heterocycles. The van der Waals surface area contributed by atoms with Gasteiger partial charge in [-0.25, -0.2) is 9.97 Å². The molecule has 3 N–H and O–H groups in total. The van der Waals surface area contributed by atoms with E-state index in [0.717, 1.165) is 0 Å². The molecule has 0 saturated heterocycles. The van der Waals surface area contributed by atoms with Gasteiger partial charge < -0.3 is 15.8 Å². The molecule has 0 bridgehead atoms. The highest BCUT2D eigenvalue weighted by Gasteiger charge is 2.07. The van der Waals surface area contributed by atoms with Crippen molar-refractivity contribution in [1.29, 1.82) is 0 Å². The highest BCUT2D eigenvalue weighted by Crippen LogP contribution is 2.23. The van der Waals surface area contributed by atoms with Gasteiger partial charge in [0.15, 0.2) is 0 Å². The number of hydrogen-bond donors (Lipinski definition) is 2. The quantitative estimate of drug-likeness (QED) is 0.870. The summed E-state index contributed by atoms with van der Waals surface area (Å²) >= 11 is 5.99. The number of nitrogens with two attached hydrogens (primary N) is 1. The summed E-state index contributed by atoms with van der Waals surface area (Å²) in [6.45, 7) is 2.37. The van der Waals surface area contributed by atoms with Crippen molar-refractivity contribution in [2.24, 2.45) is 0 Å². The molecule has 7 heteroatoms. The molecule has 2 rings (SSSR count). The first kappa shape index (κ1) is 13.4. The summed E-state index contributed by atoms with van der Waals surface area (Å²) in [5.41, 5.74) is 5.47. The lowest BCUT2D eigenvalue weighted by Crippen LogP contribution is -2.25. The average molecular weight is 280 g/mol. The molecule has 0 radical (unpaired) electrons. The number of anilines is 2. The number of hydrogen-bond acceptors (Lipinski definition) is 6. The Labute approximate surface area is 116 Å². The number of benzene rings is 1. The maximum Gasteiger partial charge on any atom is 0.227 e. The number of nitrogens with zero attached hydrogens (tertiary/aromatic N) is 3. The minimum atomic E-state index is -0.00178. The van der Waals surface area contributed by atoms with E-state index in [1.165, 1.54) is 6.33 Å². The Morgan fingerprint density at radius 3 is 2.89 bits per heavy atom. The molecule has 0 saturated carbocycles. The van der Waals surface area contributed by atoms with Gasteiger partial charge in [0.1, 0.15) is 18.7 Å². The van der Waals surface area contributed by atoms with E-state index < -0.39 is 0 Å². The molecule has 100 valence electrons. The lowest BCUT2D eigenvalue weighted by atomic mass is 10.3. The van der Waals surface area contributed by atoms with E-state index in [2.05, 4.69) is 20.3 Å². The van der Waals surface area contributed by atoms with Crippen molar-refractivity contribution in [2.75, 3.05) is 17.7 Å². The zero-order chi connectivity index (χ0) is 13.7. The maximum absolute atomic E-state index is 5.99. The molecular weight excluding hydrogens is 266 g/mol. The van der Waals surface area contributed by atoms with E-state index in [1.54, 1.807) is 6.07 Å². The minimum Gasteiger partial charge on any atom is -0.490 e. The zero-order valence-electron chi connectivity index (χ0n) is 10.4. The van der Waals surface area contributed by atoms with Crippen LogP contribution < -0.4 is 15.8 Å². The Hall–Kier alpha value is -2.08. The van der Waals surface area contributed by atoms with Crippen LogP contribution in [0.15, 0.2) is 30.6 Å². The normalized spacial score (nSPS) is 11.9. The Kier molecular flexibility index (Phi) is 4.35. The van der Waals surface area contributed by atoms with Gasteiger partial charge in [-0.3, -0.25) is 0 Å². The predicted molar refractivity (Wildman–Crippen MR) is 74.3 cm³/mol. The van der Waals surface area contributed by atoms with Gasteiger partial charge in [-0.2, -0.15) is 4.98 Å². The zero-order valence-corrected chi connectivity index (χ0v) is 11.1. The summed E-state index contributed by atoms with van der Waals surface area (Å²) in [5, 5.41) is 3.64. The van der Waals surface area contributed by atoms with Gasteiger partial charge >= 0.3 is 0 Å². The van der Waals surface area contributed by atoms with Crippen molar-refractivity contribution < 1.29 is 4.74 Å². The standard InChI is InChI=1S/C12H14ClN5O/c1-8(17-12-16-7-15-11(14)18-12)6-19-10-5-3-2-4-9(10)13/h2-5,7-8H,6H2,1H3,(H3,14,15,16,17,18). The molecule has 0 aliphatic carbocycles. The topological polar surface area (TPSA) is 86.0 Å². The molecule has 1 aromatic carbocycles. The summed E-state index contributed by atoms with van der Waals surface area (Å²) in [4.78, 5) is 11.6. The number of halogens is 1. The molecule has 0 fully saturated rings. The SMILES string of the molecule is CC(COc1ccccc1Cl)Nc1ncnc(N)n1. The third-order valence-electron chi connectivity index (χ3n) is 2.29. The molecule has 19 heavy (non-hydrogen) atoms. The maximum atomic E-state index is 5.99. The first-order chi connectivity index (χ1) is 9.15. The highest BCUT2D eigenvalue weighted by atomic mass is 35.5. The molecule has 1 atom stereocenters. The van der Waals surface area contributed by atoms with Gasteiger partial charge in [0.2, 0.25) is 11.9 Å². The lowest BCUT2D eigenvalue weighted by molar-refractivity contribution is 0.303. The smallest absolute Gasteiger partial charge is 0.227 e. The third-order valence-corrected chi connectivity index (χ3v) is 2.60. The largest absolute Gasteiger partial charge is 0.490 e. The van der Waals surface area contributed by atoms with E-state index in [1.807, 2.05) is 25.1 Å². The number of ether oxygens (including phenoxy) is 1. The van der Waals surface area contributed by atoms with Crippen LogP contribution in [0.1, 0.15) is 6.92 Å². The summed E-state index contributed by atoms with van der Waals surface area (Å²) in [5.74, 6) is 1.24. The summed E-state index contributed by atoms with van der Waals surface area (Å²) in [7, 11) is 0. The van der Waals surface area contributed by atoms with Crippen molar-refractivity contribution in [2.45, 2.75) is 13.0 Å². The van der Waals surface area contributed by atoms with E-state index in [-0.39, 0.29) is 12.0 Å². The fraction of sp³-hybridized carbons (Fsp3) is 0.250. The van der Waals surface area contributed by atoms with Crippen molar-refractivity contribution in [1.82, 2.24) is 15.0 Å². The molecule has 0 aliphatic rings. The van der Waals surface area contributed by atoms with Crippen LogP contribution in [0.3, 0.4) is 0 Å². The lowest BCUT2D eigenvalue weighted by Gasteiger charge is -2.15. The molecule has 1 unspecified atom stereocenters. The highest BCUT2D eigenvalue weighted by molar-refractivity contribution is 6.32. The number of rotatable bonds is 5. The minimum absolute atomic E-state index is 0.00178. The van der Waals surface area contributed by atoms with E-state index in [4.69, 9.17) is 22.1 Å². The van der Waals surface area contributed by atoms with E-state index >= 15 is 0 Å². The van der Waals surface area contributed by atoms with Gasteiger partial charge in [0.25, 0.3) is 0 Å². The van der Waals surface area contributed by atoms with Crippen LogP contribution in [0.5, 0.6) is 5.75 Å². The van der Waals surface area contributed by atoms with Gasteiger partial charge in [0.05, 0.1) is 11.1 Å². The second kappa shape index (κ2) is 6.19. The Morgan fingerprint density at radius 2 is 2.16 bits per heavy atom. The molecule has 1 aromatic heterocycles. The fourth-order valence-corrected chi connectivity index (χ4v) is 1.61. The number of nitrogen functional groups attached to an aromatic ring is 1. The van der Waals surface area contributed by atoms with E-state index in [0.29, 0.717) is 23.3 Å². The van der Waals surface area contributed by atoms with Crippen molar-refractivity contribution >= 4 is 23.5 Å². The van der Waals surface area contributed by atoms with Crippen LogP contribution in [-0.2, 0) is 0 Å². The summed E-state index contributed by atoms with van der Waals surface area (Å²) in [6.07, 6.45) is 1.35. The van der Waals surface area contributed by atoms with Crippen molar-refractivity contribution in [3.05, 3.63) is 35.6 Å². The predicted octanol–water partition coefficient (Wildman–Crippen LogP) is 1.99. The first-order valence-electron chi connectivity index (χ1n) is 5.73. The Morgan fingerprint density at radius 1 is 1.37 bits per heavy atom. The summed E-state index contributed by atoms with van der Waals surface area (Å²) in [6, 6.07) is 7.31. The first-order valence-corrected chi connectivity index (χ1v) is 6.11. The summed E-state index contributed by atoms with van der Waals surface area (Å²) < 4.78 is 5.60. The molecule has 0 amide bonds. The third kappa shape index (κ3) is 3.96. The molecule has 0 spiro atoms. The van der Waals surface area contributed by atoms with Crippen LogP contribution in [0.4, 0.5) is 11.9 Å².